The van der Waals surface area contributed by atoms with Crippen LogP contribution in [0, 0.1) is 0 Å². The van der Waals surface area contributed by atoms with Gasteiger partial charge in [0.15, 0.2) is 0 Å². The number of benzene rings is 1. The van der Waals surface area contributed by atoms with Crippen molar-refractivity contribution in [2.24, 2.45) is 5.73 Å². The van der Waals surface area contributed by atoms with Gasteiger partial charge in [0.1, 0.15) is 0 Å². The molecule has 0 amide bonds. The molecule has 104 valence electrons. The lowest BCUT2D eigenvalue weighted by Gasteiger charge is -2.26. The summed E-state index contributed by atoms with van der Waals surface area (Å²) in [4.78, 5) is 13.5. The molecule has 0 radical (unpaired) electrons. The van der Waals surface area contributed by atoms with E-state index in [0.717, 1.165) is 12.1 Å². The largest absolute Gasteiger partial charge is 0.481 e. The van der Waals surface area contributed by atoms with Gasteiger partial charge in [0.25, 0.3) is 0 Å². The molecule has 0 bridgehead atoms. The van der Waals surface area contributed by atoms with Crippen molar-refractivity contribution in [3.05, 3.63) is 35.4 Å². The average molecular weight is 262 g/mol. The summed E-state index contributed by atoms with van der Waals surface area (Å²) in [6.07, 6.45) is 3.91. The lowest BCUT2D eigenvalue weighted by molar-refractivity contribution is -0.138. The minimum absolute atomic E-state index is 0.140. The molecule has 0 aromatic heterocycles. The Morgan fingerprint density at radius 1 is 1.21 bits per heavy atom. The molecule has 1 aliphatic rings. The fourth-order valence-corrected chi connectivity index (χ4v) is 2.61. The van der Waals surface area contributed by atoms with Crippen molar-refractivity contribution in [3.8, 4) is 0 Å². The van der Waals surface area contributed by atoms with E-state index in [1.807, 2.05) is 24.3 Å². The van der Waals surface area contributed by atoms with E-state index in [-0.39, 0.29) is 6.54 Å². The van der Waals surface area contributed by atoms with Crippen LogP contribution in [0.4, 0.5) is 0 Å². The van der Waals surface area contributed by atoms with Crippen LogP contribution in [0.2, 0.25) is 0 Å². The van der Waals surface area contributed by atoms with Crippen LogP contribution in [0.15, 0.2) is 24.3 Å². The predicted octanol–water partition coefficient (Wildman–Crippen LogP) is 1.80. The predicted molar refractivity (Wildman–Crippen MR) is 75.0 cm³/mol. The molecule has 0 saturated carbocycles. The van der Waals surface area contributed by atoms with E-state index in [1.54, 1.807) is 0 Å². The maximum Gasteiger partial charge on any atom is 0.312 e. The Morgan fingerprint density at radius 2 is 1.84 bits per heavy atom. The van der Waals surface area contributed by atoms with Gasteiger partial charge in [0, 0.05) is 13.1 Å². The number of rotatable bonds is 5. The maximum absolute atomic E-state index is 11.0. The Hall–Kier alpha value is -1.39. The van der Waals surface area contributed by atoms with Crippen molar-refractivity contribution in [3.63, 3.8) is 0 Å². The molecule has 1 fully saturated rings. The normalized spacial score (nSPS) is 18.2. The monoisotopic (exact) mass is 262 g/mol. The third-order valence-electron chi connectivity index (χ3n) is 3.77. The van der Waals surface area contributed by atoms with Gasteiger partial charge in [-0.2, -0.15) is 0 Å². The first-order valence-corrected chi connectivity index (χ1v) is 6.95. The van der Waals surface area contributed by atoms with Crippen molar-refractivity contribution >= 4 is 5.97 Å². The first-order chi connectivity index (χ1) is 9.20. The minimum Gasteiger partial charge on any atom is -0.481 e. The summed E-state index contributed by atoms with van der Waals surface area (Å²) in [5.74, 6) is -1.45. The summed E-state index contributed by atoms with van der Waals surface area (Å²) in [6.45, 7) is 3.44. The molecule has 1 atom stereocenters. The molecule has 2 rings (SSSR count). The number of carboxylic acid groups (broad SMARTS) is 1. The van der Waals surface area contributed by atoms with Gasteiger partial charge in [-0.3, -0.25) is 9.69 Å². The van der Waals surface area contributed by atoms with Crippen LogP contribution < -0.4 is 5.73 Å². The molecule has 3 N–H and O–H groups in total. The molecule has 0 aliphatic carbocycles. The third kappa shape index (κ3) is 3.78. The molecular formula is C15H22N2O2. The lowest BCUT2D eigenvalue weighted by Crippen LogP contribution is -2.29. The molecule has 1 aromatic rings. The van der Waals surface area contributed by atoms with E-state index in [0.29, 0.717) is 0 Å². The molecule has 1 heterocycles. The van der Waals surface area contributed by atoms with Crippen LogP contribution in [0.25, 0.3) is 0 Å². The minimum atomic E-state index is -0.855. The Labute approximate surface area is 114 Å². The second-order valence-electron chi connectivity index (χ2n) is 5.20. The molecular weight excluding hydrogens is 240 g/mol. The number of likely N-dealkylation sites (tertiary alicyclic amines) is 1. The van der Waals surface area contributed by atoms with Gasteiger partial charge in [0.2, 0.25) is 0 Å². The zero-order chi connectivity index (χ0) is 13.7. The number of nitrogens with zero attached hydrogens (tertiary/aromatic N) is 1. The highest BCUT2D eigenvalue weighted by atomic mass is 16.4. The van der Waals surface area contributed by atoms with Gasteiger partial charge in [-0.05, 0) is 37.1 Å². The second kappa shape index (κ2) is 6.68. The number of hydrogen-bond acceptors (Lipinski definition) is 3. The molecule has 1 saturated heterocycles. The van der Waals surface area contributed by atoms with Crippen molar-refractivity contribution in [2.75, 3.05) is 19.6 Å². The van der Waals surface area contributed by atoms with E-state index < -0.39 is 11.9 Å². The summed E-state index contributed by atoms with van der Waals surface area (Å²) in [5.41, 5.74) is 7.54. The van der Waals surface area contributed by atoms with Gasteiger partial charge in [-0.15, -0.1) is 0 Å². The second-order valence-corrected chi connectivity index (χ2v) is 5.20. The van der Waals surface area contributed by atoms with E-state index in [2.05, 4.69) is 4.90 Å². The van der Waals surface area contributed by atoms with Gasteiger partial charge >= 0.3 is 5.97 Å². The van der Waals surface area contributed by atoms with Crippen LogP contribution in [0.5, 0.6) is 0 Å². The first-order valence-electron chi connectivity index (χ1n) is 6.95. The van der Waals surface area contributed by atoms with E-state index in [1.165, 1.54) is 37.9 Å². The summed E-state index contributed by atoms with van der Waals surface area (Å²) >= 11 is 0. The van der Waals surface area contributed by atoms with Crippen molar-refractivity contribution in [2.45, 2.75) is 31.7 Å². The number of hydrogen-bond donors (Lipinski definition) is 2. The summed E-state index contributed by atoms with van der Waals surface area (Å²) in [5, 5.41) is 9.07. The van der Waals surface area contributed by atoms with Crippen LogP contribution in [-0.2, 0) is 11.3 Å². The van der Waals surface area contributed by atoms with Crippen LogP contribution >= 0.6 is 0 Å². The maximum atomic E-state index is 11.0. The van der Waals surface area contributed by atoms with Crippen LogP contribution in [0.3, 0.4) is 0 Å². The highest BCUT2D eigenvalue weighted by Gasteiger charge is 2.17. The standard InChI is InChI=1S/C15H22N2O2/c16-10-14(15(18)19)13-6-4-12(5-7-13)11-17-8-2-1-3-9-17/h4-7,14H,1-3,8-11,16H2,(H,18,19). The van der Waals surface area contributed by atoms with Crippen molar-refractivity contribution < 1.29 is 9.90 Å². The highest BCUT2D eigenvalue weighted by molar-refractivity contribution is 5.76. The topological polar surface area (TPSA) is 66.6 Å². The number of carbonyl (C=O) groups is 1. The Kier molecular flexibility index (Phi) is 4.93. The Bertz CT molecular complexity index is 411. The van der Waals surface area contributed by atoms with E-state index in [9.17, 15) is 4.79 Å². The summed E-state index contributed by atoms with van der Waals surface area (Å²) < 4.78 is 0. The van der Waals surface area contributed by atoms with Crippen LogP contribution in [0.1, 0.15) is 36.3 Å². The quantitative estimate of drug-likeness (QED) is 0.849. The van der Waals surface area contributed by atoms with Gasteiger partial charge in [-0.1, -0.05) is 30.7 Å². The Morgan fingerprint density at radius 3 is 2.37 bits per heavy atom. The van der Waals surface area contributed by atoms with Gasteiger partial charge < -0.3 is 10.8 Å². The number of carboxylic acids is 1. The first kappa shape index (κ1) is 14.0. The molecule has 4 heteroatoms. The number of nitrogens with two attached hydrogens (primary N) is 1. The van der Waals surface area contributed by atoms with E-state index in [4.69, 9.17) is 10.8 Å². The zero-order valence-corrected chi connectivity index (χ0v) is 11.2. The Balaban J connectivity index is 1.99. The molecule has 0 spiro atoms. The van der Waals surface area contributed by atoms with Gasteiger partial charge in [0.05, 0.1) is 5.92 Å². The zero-order valence-electron chi connectivity index (χ0n) is 11.2. The van der Waals surface area contributed by atoms with Gasteiger partial charge in [-0.25, -0.2) is 0 Å². The molecule has 1 unspecified atom stereocenters. The molecule has 1 aromatic carbocycles. The lowest BCUT2D eigenvalue weighted by atomic mass is 9.98. The molecule has 19 heavy (non-hydrogen) atoms. The van der Waals surface area contributed by atoms with Crippen molar-refractivity contribution in [1.82, 2.24) is 4.90 Å². The molecule has 1 aliphatic heterocycles. The smallest absolute Gasteiger partial charge is 0.312 e. The fourth-order valence-electron chi connectivity index (χ4n) is 2.61. The highest BCUT2D eigenvalue weighted by Crippen LogP contribution is 2.18. The van der Waals surface area contributed by atoms with E-state index >= 15 is 0 Å². The SMILES string of the molecule is NCC(C(=O)O)c1ccc(CN2CCCCC2)cc1. The third-order valence-corrected chi connectivity index (χ3v) is 3.77. The molecule has 4 nitrogen and oxygen atoms in total. The van der Waals surface area contributed by atoms with Crippen molar-refractivity contribution in [1.29, 1.82) is 0 Å². The number of piperidine rings is 1. The van der Waals surface area contributed by atoms with Crippen LogP contribution in [-0.4, -0.2) is 35.6 Å². The number of aliphatic carboxylic acids is 1. The summed E-state index contributed by atoms with van der Waals surface area (Å²) in [7, 11) is 0. The average Bonchev–Trinajstić information content (AvgIpc) is 2.42. The fraction of sp³-hybridized carbons (Fsp3) is 0.533. The summed E-state index contributed by atoms with van der Waals surface area (Å²) in [6, 6.07) is 7.83.